The first-order valence-electron chi connectivity index (χ1n) is 5.42. The molecule has 2 amide bonds. The van der Waals surface area contributed by atoms with Crippen molar-refractivity contribution in [1.29, 1.82) is 0 Å². The molecule has 0 unspecified atom stereocenters. The summed E-state index contributed by atoms with van der Waals surface area (Å²) < 4.78 is 0.992. The van der Waals surface area contributed by atoms with Gasteiger partial charge in [0.2, 0.25) is 11.8 Å². The highest BCUT2D eigenvalue weighted by molar-refractivity contribution is 9.10. The Hall–Kier alpha value is -1.01. The van der Waals surface area contributed by atoms with E-state index in [0.717, 1.165) is 9.37 Å². The van der Waals surface area contributed by atoms with Gasteiger partial charge in [0.1, 0.15) is 6.04 Å². The minimum atomic E-state index is -0.648. The van der Waals surface area contributed by atoms with Gasteiger partial charge < -0.3 is 11.1 Å². The van der Waals surface area contributed by atoms with Gasteiger partial charge in [-0.3, -0.25) is 9.59 Å². The van der Waals surface area contributed by atoms with Gasteiger partial charge in [0.05, 0.1) is 5.25 Å². The molecule has 0 radical (unpaired) electrons. The van der Waals surface area contributed by atoms with Crippen molar-refractivity contribution in [2.75, 3.05) is 0 Å². The van der Waals surface area contributed by atoms with Crippen LogP contribution in [0, 0.1) is 0 Å². The number of rotatable bonds is 5. The Balaban J connectivity index is 2.54. The van der Waals surface area contributed by atoms with Gasteiger partial charge in [0.25, 0.3) is 0 Å². The fraction of sp³-hybridized carbons (Fsp3) is 0.333. The lowest BCUT2D eigenvalue weighted by molar-refractivity contribution is -0.126. The predicted molar refractivity (Wildman–Crippen MR) is 76.3 cm³/mol. The van der Waals surface area contributed by atoms with Crippen LogP contribution in [0.2, 0.25) is 0 Å². The van der Waals surface area contributed by atoms with Crippen LogP contribution in [0.25, 0.3) is 0 Å². The molecule has 98 valence electrons. The number of hydrogen-bond acceptors (Lipinski definition) is 3. The van der Waals surface area contributed by atoms with E-state index in [2.05, 4.69) is 21.2 Å². The van der Waals surface area contributed by atoms with Gasteiger partial charge in [0, 0.05) is 9.37 Å². The van der Waals surface area contributed by atoms with Crippen molar-refractivity contribution in [2.45, 2.75) is 30.0 Å². The molecule has 0 saturated heterocycles. The second-order valence-corrected chi connectivity index (χ2v) is 6.18. The fourth-order valence-corrected chi connectivity index (χ4v) is 2.31. The topological polar surface area (TPSA) is 72.2 Å². The SMILES string of the molecule is C[C@H](Sc1ccc(Br)cc1)C(=O)N[C@H](C)C(N)=O. The van der Waals surface area contributed by atoms with Crippen LogP contribution in [-0.2, 0) is 9.59 Å². The van der Waals surface area contributed by atoms with Crippen LogP contribution in [0.4, 0.5) is 0 Å². The Morgan fingerprint density at radius 2 is 1.83 bits per heavy atom. The Kier molecular flexibility index (Phi) is 5.68. The highest BCUT2D eigenvalue weighted by Gasteiger charge is 2.18. The van der Waals surface area contributed by atoms with Gasteiger partial charge in [-0.25, -0.2) is 0 Å². The molecular weight excluding hydrogens is 316 g/mol. The van der Waals surface area contributed by atoms with Gasteiger partial charge in [-0.1, -0.05) is 15.9 Å². The first-order valence-corrected chi connectivity index (χ1v) is 7.09. The third-order valence-corrected chi connectivity index (χ3v) is 3.92. The molecule has 4 nitrogen and oxygen atoms in total. The number of nitrogens with two attached hydrogens (primary N) is 1. The molecule has 0 spiro atoms. The Labute approximate surface area is 119 Å². The highest BCUT2D eigenvalue weighted by Crippen LogP contribution is 2.24. The third kappa shape index (κ3) is 4.70. The van der Waals surface area contributed by atoms with E-state index in [1.807, 2.05) is 24.3 Å². The number of carbonyl (C=O) groups excluding carboxylic acids is 2. The first kappa shape index (κ1) is 15.0. The number of hydrogen-bond donors (Lipinski definition) is 2. The molecule has 0 fully saturated rings. The van der Waals surface area contributed by atoms with E-state index in [4.69, 9.17) is 5.73 Å². The quantitative estimate of drug-likeness (QED) is 0.810. The van der Waals surface area contributed by atoms with Crippen LogP contribution in [0.1, 0.15) is 13.8 Å². The summed E-state index contributed by atoms with van der Waals surface area (Å²) >= 11 is 4.78. The van der Waals surface area contributed by atoms with Gasteiger partial charge in [-0.15, -0.1) is 11.8 Å². The van der Waals surface area contributed by atoms with Crippen LogP contribution in [-0.4, -0.2) is 23.1 Å². The van der Waals surface area contributed by atoms with E-state index in [1.54, 1.807) is 13.8 Å². The highest BCUT2D eigenvalue weighted by atomic mass is 79.9. The van der Waals surface area contributed by atoms with Crippen molar-refractivity contribution >= 4 is 39.5 Å². The zero-order valence-corrected chi connectivity index (χ0v) is 12.5. The smallest absolute Gasteiger partial charge is 0.239 e. The molecule has 0 heterocycles. The average Bonchev–Trinajstić information content (AvgIpc) is 2.31. The summed E-state index contributed by atoms with van der Waals surface area (Å²) in [6.07, 6.45) is 0. The summed E-state index contributed by atoms with van der Waals surface area (Å²) in [5.41, 5.74) is 5.09. The van der Waals surface area contributed by atoms with Crippen LogP contribution in [0.3, 0.4) is 0 Å². The molecule has 0 aliphatic rings. The molecule has 1 aromatic carbocycles. The molecular formula is C12H15BrN2O2S. The van der Waals surface area contributed by atoms with Crippen LogP contribution >= 0.6 is 27.7 Å². The summed E-state index contributed by atoms with van der Waals surface area (Å²) in [5, 5.41) is 2.28. The number of benzene rings is 1. The normalized spacial score (nSPS) is 13.7. The number of carbonyl (C=O) groups is 2. The Bertz CT molecular complexity index is 436. The fourth-order valence-electron chi connectivity index (χ4n) is 1.17. The number of nitrogens with one attached hydrogen (secondary N) is 1. The number of thioether (sulfide) groups is 1. The molecule has 0 aliphatic heterocycles. The van der Waals surface area contributed by atoms with Crippen molar-refractivity contribution in [1.82, 2.24) is 5.32 Å². The maximum Gasteiger partial charge on any atom is 0.239 e. The summed E-state index contributed by atoms with van der Waals surface area (Å²) in [4.78, 5) is 23.6. The van der Waals surface area contributed by atoms with Gasteiger partial charge in [-0.05, 0) is 38.1 Å². The first-order chi connectivity index (χ1) is 8.40. The van der Waals surface area contributed by atoms with Crippen LogP contribution in [0.5, 0.6) is 0 Å². The minimum absolute atomic E-state index is 0.200. The van der Waals surface area contributed by atoms with Crippen molar-refractivity contribution in [3.05, 3.63) is 28.7 Å². The molecule has 0 saturated carbocycles. The number of halogens is 1. The van der Waals surface area contributed by atoms with Crippen molar-refractivity contribution in [3.63, 3.8) is 0 Å². The second kappa shape index (κ2) is 6.80. The summed E-state index contributed by atoms with van der Waals surface area (Å²) in [5.74, 6) is -0.738. The lowest BCUT2D eigenvalue weighted by Crippen LogP contribution is -2.44. The van der Waals surface area contributed by atoms with E-state index in [-0.39, 0.29) is 11.2 Å². The van der Waals surface area contributed by atoms with Crippen LogP contribution in [0.15, 0.2) is 33.6 Å². The van der Waals surface area contributed by atoms with E-state index in [9.17, 15) is 9.59 Å². The zero-order valence-electron chi connectivity index (χ0n) is 10.1. The van der Waals surface area contributed by atoms with Crippen molar-refractivity contribution < 1.29 is 9.59 Å². The van der Waals surface area contributed by atoms with E-state index < -0.39 is 11.9 Å². The monoisotopic (exact) mass is 330 g/mol. The molecule has 18 heavy (non-hydrogen) atoms. The molecule has 0 aromatic heterocycles. The van der Waals surface area contributed by atoms with E-state index >= 15 is 0 Å². The second-order valence-electron chi connectivity index (χ2n) is 3.85. The third-order valence-electron chi connectivity index (χ3n) is 2.28. The molecule has 2 atom stereocenters. The lowest BCUT2D eigenvalue weighted by Gasteiger charge is -2.15. The number of amides is 2. The maximum atomic E-state index is 11.8. The molecule has 0 aliphatic carbocycles. The molecule has 6 heteroatoms. The summed E-state index contributed by atoms with van der Waals surface area (Å²) in [7, 11) is 0. The van der Waals surface area contributed by atoms with Gasteiger partial charge >= 0.3 is 0 Å². The Morgan fingerprint density at radius 1 is 1.28 bits per heavy atom. The van der Waals surface area contributed by atoms with Gasteiger partial charge in [0.15, 0.2) is 0 Å². The maximum absolute atomic E-state index is 11.8. The molecule has 1 rings (SSSR count). The number of primary amides is 1. The van der Waals surface area contributed by atoms with Crippen LogP contribution < -0.4 is 11.1 Å². The molecule has 0 bridgehead atoms. The largest absolute Gasteiger partial charge is 0.368 e. The summed E-state index contributed by atoms with van der Waals surface area (Å²) in [6, 6.07) is 7.04. The molecule has 1 aromatic rings. The summed E-state index contributed by atoms with van der Waals surface area (Å²) in [6.45, 7) is 3.35. The minimum Gasteiger partial charge on any atom is -0.368 e. The Morgan fingerprint density at radius 3 is 2.33 bits per heavy atom. The van der Waals surface area contributed by atoms with E-state index in [0.29, 0.717) is 0 Å². The predicted octanol–water partition coefficient (Wildman–Crippen LogP) is 1.92. The standard InChI is InChI=1S/C12H15BrN2O2S/c1-7(11(14)16)15-12(17)8(2)18-10-5-3-9(13)4-6-10/h3-8H,1-2H3,(H2,14,16)(H,15,17)/t7-,8+/m1/s1. The van der Waals surface area contributed by atoms with Gasteiger partial charge in [-0.2, -0.15) is 0 Å². The average molecular weight is 331 g/mol. The van der Waals surface area contributed by atoms with E-state index in [1.165, 1.54) is 11.8 Å². The van der Waals surface area contributed by atoms with Crippen molar-refractivity contribution in [3.8, 4) is 0 Å². The molecule has 3 N–H and O–H groups in total. The zero-order chi connectivity index (χ0) is 13.7. The lowest BCUT2D eigenvalue weighted by atomic mass is 10.3. The van der Waals surface area contributed by atoms with Crippen molar-refractivity contribution in [2.24, 2.45) is 5.73 Å².